The molecular weight excluding hydrogens is 366 g/mol. The van der Waals surface area contributed by atoms with Gasteiger partial charge in [0.1, 0.15) is 0 Å². The Morgan fingerprint density at radius 3 is 2.54 bits per heavy atom. The number of rotatable bonds is 6. The van der Waals surface area contributed by atoms with Gasteiger partial charge >= 0.3 is 5.76 Å². The van der Waals surface area contributed by atoms with E-state index in [-0.39, 0.29) is 31.2 Å². The molecule has 2 bridgehead atoms. The number of ether oxygens (including phenoxy) is 1. The third-order valence-corrected chi connectivity index (χ3v) is 6.97. The molecule has 0 spiro atoms. The Balaban J connectivity index is 1.49. The lowest BCUT2D eigenvalue weighted by molar-refractivity contribution is 0.0992. The smallest absolute Gasteiger partial charge is 0.350 e. The number of hydrogen-bond donors (Lipinski definition) is 2. The molecule has 3 heterocycles. The van der Waals surface area contributed by atoms with Gasteiger partial charge in [-0.3, -0.25) is 4.99 Å². The minimum Gasteiger partial charge on any atom is -0.373 e. The number of piperidine rings is 1. The summed E-state index contributed by atoms with van der Waals surface area (Å²) in [4.78, 5) is 4.63. The Bertz CT molecular complexity index is 609. The van der Waals surface area contributed by atoms with Gasteiger partial charge in [0.15, 0.2) is 5.96 Å². The third kappa shape index (κ3) is 4.45. The first-order valence-electron chi connectivity index (χ1n) is 9.37. The first-order valence-corrected chi connectivity index (χ1v) is 10.9. The zero-order chi connectivity index (χ0) is 18.7. The van der Waals surface area contributed by atoms with E-state index in [9.17, 15) is 17.2 Å². The summed E-state index contributed by atoms with van der Waals surface area (Å²) in [6, 6.07) is 0.282. The van der Waals surface area contributed by atoms with Gasteiger partial charge in [-0.15, -0.1) is 0 Å². The van der Waals surface area contributed by atoms with E-state index in [0.717, 1.165) is 36.1 Å². The summed E-state index contributed by atoms with van der Waals surface area (Å²) >= 11 is 0. The minimum absolute atomic E-state index is 0.136. The Kier molecular flexibility index (Phi) is 6.34. The molecule has 7 nitrogen and oxygen atoms in total. The van der Waals surface area contributed by atoms with E-state index < -0.39 is 15.8 Å². The molecule has 3 fully saturated rings. The van der Waals surface area contributed by atoms with E-state index >= 15 is 0 Å². The first kappa shape index (κ1) is 19.8. The second-order valence-electron chi connectivity index (χ2n) is 7.23. The van der Waals surface area contributed by atoms with Gasteiger partial charge < -0.3 is 15.4 Å². The Morgan fingerprint density at radius 2 is 2.00 bits per heavy atom. The average molecular weight is 394 g/mol. The van der Waals surface area contributed by atoms with Gasteiger partial charge in [-0.05, 0) is 44.9 Å². The van der Waals surface area contributed by atoms with Crippen molar-refractivity contribution in [1.29, 1.82) is 0 Å². The van der Waals surface area contributed by atoms with Crippen molar-refractivity contribution < 1.29 is 21.9 Å². The topological polar surface area (TPSA) is 83.0 Å². The lowest BCUT2D eigenvalue weighted by atomic mass is 9.96. The van der Waals surface area contributed by atoms with Crippen LogP contribution in [0.4, 0.5) is 8.78 Å². The van der Waals surface area contributed by atoms with Gasteiger partial charge in [0.05, 0.1) is 18.2 Å². The predicted octanol–water partition coefficient (Wildman–Crippen LogP) is 1.13. The predicted molar refractivity (Wildman–Crippen MR) is 94.6 cm³/mol. The number of halogens is 2. The largest absolute Gasteiger partial charge is 0.373 e. The second-order valence-corrected chi connectivity index (χ2v) is 9.13. The van der Waals surface area contributed by atoms with Gasteiger partial charge in [-0.25, -0.2) is 8.42 Å². The molecule has 3 saturated heterocycles. The number of nitrogens with zero attached hydrogens (tertiary/aromatic N) is 2. The number of aliphatic imine (C=N–C) groups is 1. The van der Waals surface area contributed by atoms with Gasteiger partial charge in [-0.2, -0.15) is 13.1 Å². The van der Waals surface area contributed by atoms with E-state index in [1.54, 1.807) is 0 Å². The van der Waals surface area contributed by atoms with Crippen molar-refractivity contribution in [3.63, 3.8) is 0 Å². The molecule has 3 aliphatic heterocycles. The van der Waals surface area contributed by atoms with Crippen LogP contribution in [0.1, 0.15) is 39.0 Å². The van der Waals surface area contributed by atoms with Crippen LogP contribution in [-0.4, -0.2) is 68.9 Å². The highest BCUT2D eigenvalue weighted by atomic mass is 32.2. The van der Waals surface area contributed by atoms with Crippen molar-refractivity contribution in [1.82, 2.24) is 14.9 Å². The van der Waals surface area contributed by atoms with Crippen molar-refractivity contribution in [3.05, 3.63) is 0 Å². The van der Waals surface area contributed by atoms with Crippen LogP contribution in [0.2, 0.25) is 0 Å². The summed E-state index contributed by atoms with van der Waals surface area (Å²) < 4.78 is 55.0. The number of hydrogen-bond acceptors (Lipinski definition) is 4. The van der Waals surface area contributed by atoms with Gasteiger partial charge in [0.25, 0.3) is 10.0 Å². The molecule has 26 heavy (non-hydrogen) atoms. The maximum atomic E-state index is 12.6. The molecule has 0 amide bonds. The summed E-state index contributed by atoms with van der Waals surface area (Å²) in [5.74, 6) is -2.40. The van der Waals surface area contributed by atoms with Crippen LogP contribution in [0, 0.1) is 5.92 Å². The van der Waals surface area contributed by atoms with Crippen molar-refractivity contribution in [2.75, 3.05) is 26.2 Å². The molecule has 3 aliphatic rings. The maximum Gasteiger partial charge on any atom is 0.350 e. The van der Waals surface area contributed by atoms with E-state index in [1.165, 1.54) is 0 Å². The molecule has 150 valence electrons. The summed E-state index contributed by atoms with van der Waals surface area (Å²) in [6.45, 7) is 3.58. The molecule has 3 rings (SSSR count). The van der Waals surface area contributed by atoms with Crippen molar-refractivity contribution in [2.45, 2.75) is 63.0 Å². The van der Waals surface area contributed by atoms with E-state index in [0.29, 0.717) is 25.5 Å². The van der Waals surface area contributed by atoms with E-state index in [4.69, 9.17) is 4.74 Å². The Hall–Kier alpha value is -1.00. The molecule has 0 saturated carbocycles. The van der Waals surface area contributed by atoms with Crippen LogP contribution >= 0.6 is 0 Å². The molecular formula is C16H28F2N4O3S. The number of fused-ring (bicyclic) bond motifs is 2. The molecule has 0 aromatic rings. The highest BCUT2D eigenvalue weighted by Gasteiger charge is 2.41. The third-order valence-electron chi connectivity index (χ3n) is 5.44. The quantitative estimate of drug-likeness (QED) is 0.521. The van der Waals surface area contributed by atoms with Gasteiger partial charge in [-0.1, -0.05) is 0 Å². The zero-order valence-electron chi connectivity index (χ0n) is 15.0. The highest BCUT2D eigenvalue weighted by molar-refractivity contribution is 7.89. The first-order chi connectivity index (χ1) is 12.4. The molecule has 0 aliphatic carbocycles. The highest BCUT2D eigenvalue weighted by Crippen LogP contribution is 2.34. The van der Waals surface area contributed by atoms with Crippen LogP contribution in [0.3, 0.4) is 0 Å². The number of guanidine groups is 1. The lowest BCUT2D eigenvalue weighted by Crippen LogP contribution is -2.47. The Morgan fingerprint density at radius 1 is 1.27 bits per heavy atom. The summed E-state index contributed by atoms with van der Waals surface area (Å²) in [7, 11) is -4.46. The fourth-order valence-corrected chi connectivity index (χ4v) is 4.91. The molecule has 3 unspecified atom stereocenters. The lowest BCUT2D eigenvalue weighted by Gasteiger charge is -2.30. The molecule has 2 N–H and O–H groups in total. The molecule has 0 aromatic heterocycles. The minimum atomic E-state index is -4.46. The van der Waals surface area contributed by atoms with Crippen molar-refractivity contribution in [2.24, 2.45) is 10.9 Å². The van der Waals surface area contributed by atoms with Crippen LogP contribution in [-0.2, 0) is 14.8 Å². The van der Waals surface area contributed by atoms with Crippen molar-refractivity contribution >= 4 is 16.0 Å². The molecule has 3 atom stereocenters. The van der Waals surface area contributed by atoms with Crippen LogP contribution in [0.15, 0.2) is 4.99 Å². The van der Waals surface area contributed by atoms with E-state index in [2.05, 4.69) is 15.6 Å². The normalized spacial score (nSPS) is 30.9. The fraction of sp³-hybridized carbons (Fsp3) is 0.938. The number of alkyl halides is 2. The van der Waals surface area contributed by atoms with E-state index in [1.807, 2.05) is 6.92 Å². The zero-order valence-corrected chi connectivity index (χ0v) is 15.9. The monoisotopic (exact) mass is 394 g/mol. The maximum absolute atomic E-state index is 12.6. The summed E-state index contributed by atoms with van der Waals surface area (Å²) in [6.07, 6.45) is 4.93. The van der Waals surface area contributed by atoms with Crippen molar-refractivity contribution in [3.8, 4) is 0 Å². The fourth-order valence-electron chi connectivity index (χ4n) is 3.96. The molecule has 0 radical (unpaired) electrons. The van der Waals surface area contributed by atoms with Gasteiger partial charge in [0.2, 0.25) is 0 Å². The number of nitrogens with one attached hydrogen (secondary N) is 2. The van der Waals surface area contributed by atoms with Crippen LogP contribution in [0.25, 0.3) is 0 Å². The standard InChI is InChI=1S/C16H28F2N4O3S/c1-2-19-16(21-13-9-12-3-4-14(13)25-12)20-10-11-5-7-22(8-6-11)26(23,24)15(17)18/h11-15H,2-10H2,1H3,(H2,19,20,21). The second kappa shape index (κ2) is 8.35. The Labute approximate surface area is 153 Å². The van der Waals surface area contributed by atoms with Crippen LogP contribution < -0.4 is 10.6 Å². The molecule has 10 heteroatoms. The molecule has 0 aromatic carbocycles. The van der Waals surface area contributed by atoms with Gasteiger partial charge in [0, 0.05) is 26.2 Å². The average Bonchev–Trinajstić information content (AvgIpc) is 3.23. The van der Waals surface area contributed by atoms with Crippen LogP contribution in [0.5, 0.6) is 0 Å². The summed E-state index contributed by atoms with van der Waals surface area (Å²) in [5, 5.41) is 6.68. The summed E-state index contributed by atoms with van der Waals surface area (Å²) in [5.41, 5.74) is 0. The SMILES string of the molecule is CCNC(=NCC1CCN(S(=O)(=O)C(F)F)CC1)NC1CC2CCC1O2. The number of sulfonamides is 1.